The van der Waals surface area contributed by atoms with Gasteiger partial charge in [0.1, 0.15) is 5.75 Å². The van der Waals surface area contributed by atoms with Crippen LogP contribution in [0.15, 0.2) is 18.2 Å². The van der Waals surface area contributed by atoms with Crippen LogP contribution < -0.4 is 11.1 Å². The van der Waals surface area contributed by atoms with E-state index in [-0.39, 0.29) is 23.4 Å². The van der Waals surface area contributed by atoms with Gasteiger partial charge in [0.05, 0.1) is 5.69 Å². The Morgan fingerprint density at radius 2 is 2.26 bits per heavy atom. The van der Waals surface area contributed by atoms with E-state index >= 15 is 0 Å². The van der Waals surface area contributed by atoms with Crippen LogP contribution in [0.25, 0.3) is 0 Å². The first kappa shape index (κ1) is 13.7. The number of carbonyl (C=O) groups is 1. The first-order valence-corrected chi connectivity index (χ1v) is 6.55. The number of hydrogen-bond donors (Lipinski definition) is 3. The van der Waals surface area contributed by atoms with E-state index in [0.717, 1.165) is 19.5 Å². The van der Waals surface area contributed by atoms with Crippen LogP contribution in [0.2, 0.25) is 0 Å². The van der Waals surface area contributed by atoms with Gasteiger partial charge < -0.3 is 21.1 Å². The lowest BCUT2D eigenvalue weighted by atomic mass is 9.94. The maximum atomic E-state index is 12.1. The number of aromatic hydroxyl groups is 1. The molecule has 1 saturated heterocycles. The van der Waals surface area contributed by atoms with Crippen LogP contribution in [-0.2, 0) is 0 Å². The van der Waals surface area contributed by atoms with Crippen LogP contribution in [0.5, 0.6) is 5.75 Å². The summed E-state index contributed by atoms with van der Waals surface area (Å²) in [6.45, 7) is 4.11. The Bertz CT molecular complexity index is 476. The molecule has 0 aliphatic carbocycles. The molecule has 19 heavy (non-hydrogen) atoms. The van der Waals surface area contributed by atoms with Gasteiger partial charge in [-0.1, -0.05) is 6.92 Å². The number of nitrogens with two attached hydrogens (primary N) is 1. The molecule has 0 saturated carbocycles. The Labute approximate surface area is 113 Å². The summed E-state index contributed by atoms with van der Waals surface area (Å²) < 4.78 is 0. The molecule has 1 heterocycles. The molecule has 0 aromatic heterocycles. The maximum absolute atomic E-state index is 12.1. The number of hydrogen-bond acceptors (Lipinski definition) is 4. The molecule has 2 rings (SSSR count). The fourth-order valence-electron chi connectivity index (χ4n) is 2.51. The number of piperidine rings is 1. The van der Waals surface area contributed by atoms with Crippen LogP contribution in [0.4, 0.5) is 5.69 Å². The largest absolute Gasteiger partial charge is 0.506 e. The second-order valence-electron chi connectivity index (χ2n) is 5.38. The quantitative estimate of drug-likeness (QED) is 0.550. The van der Waals surface area contributed by atoms with Crippen molar-refractivity contribution in [3.8, 4) is 5.75 Å². The van der Waals surface area contributed by atoms with Gasteiger partial charge in [0, 0.05) is 18.2 Å². The Kier molecular flexibility index (Phi) is 3.95. The standard InChI is InChI=1S/C14H21N3O2/c1-9-8-17(2)6-5-12(9)16-14(19)10-3-4-11(15)13(18)7-10/h3-4,7,9,12,18H,5-6,8,15H2,1-2H3,(H,16,19). The number of likely N-dealkylation sites (tertiary alicyclic amines) is 1. The zero-order valence-corrected chi connectivity index (χ0v) is 11.4. The Morgan fingerprint density at radius 3 is 2.89 bits per heavy atom. The predicted octanol–water partition coefficient (Wildman–Crippen LogP) is 1.04. The van der Waals surface area contributed by atoms with Gasteiger partial charge in [-0.05, 0) is 44.1 Å². The highest BCUT2D eigenvalue weighted by Gasteiger charge is 2.25. The summed E-state index contributed by atoms with van der Waals surface area (Å²) in [6.07, 6.45) is 0.949. The fraction of sp³-hybridized carbons (Fsp3) is 0.500. The van der Waals surface area contributed by atoms with Gasteiger partial charge in [0.2, 0.25) is 0 Å². The van der Waals surface area contributed by atoms with Crippen molar-refractivity contribution < 1.29 is 9.90 Å². The van der Waals surface area contributed by atoms with Gasteiger partial charge in [-0.2, -0.15) is 0 Å². The first-order valence-electron chi connectivity index (χ1n) is 6.55. The zero-order valence-electron chi connectivity index (χ0n) is 11.4. The van der Waals surface area contributed by atoms with Gasteiger partial charge in [0.25, 0.3) is 5.91 Å². The third-order valence-corrected chi connectivity index (χ3v) is 3.72. The predicted molar refractivity (Wildman–Crippen MR) is 75.1 cm³/mol. The first-order chi connectivity index (χ1) is 8.97. The molecule has 1 amide bonds. The number of benzene rings is 1. The normalized spacial score (nSPS) is 24.1. The summed E-state index contributed by atoms with van der Waals surface area (Å²) in [4.78, 5) is 14.4. The number of amides is 1. The second kappa shape index (κ2) is 5.48. The van der Waals surface area contributed by atoms with E-state index in [9.17, 15) is 9.90 Å². The van der Waals surface area contributed by atoms with Gasteiger partial charge >= 0.3 is 0 Å². The average Bonchev–Trinajstić information content (AvgIpc) is 2.36. The lowest BCUT2D eigenvalue weighted by molar-refractivity contribution is 0.0883. The minimum Gasteiger partial charge on any atom is -0.506 e. The molecule has 0 radical (unpaired) electrons. The highest BCUT2D eigenvalue weighted by atomic mass is 16.3. The van der Waals surface area contributed by atoms with Crippen molar-refractivity contribution in [1.29, 1.82) is 0 Å². The van der Waals surface area contributed by atoms with Crippen molar-refractivity contribution in [3.63, 3.8) is 0 Å². The molecule has 2 unspecified atom stereocenters. The van der Waals surface area contributed by atoms with Crippen LogP contribution in [0.3, 0.4) is 0 Å². The van der Waals surface area contributed by atoms with Crippen molar-refractivity contribution in [3.05, 3.63) is 23.8 Å². The monoisotopic (exact) mass is 263 g/mol. The molecule has 1 aliphatic rings. The molecule has 1 fully saturated rings. The number of anilines is 1. The van der Waals surface area contributed by atoms with E-state index in [1.54, 1.807) is 12.1 Å². The van der Waals surface area contributed by atoms with Crippen molar-refractivity contribution in [2.75, 3.05) is 25.9 Å². The molecule has 1 aliphatic heterocycles. The minimum absolute atomic E-state index is 0.0518. The second-order valence-corrected chi connectivity index (χ2v) is 5.38. The zero-order chi connectivity index (χ0) is 14.0. The summed E-state index contributed by atoms with van der Waals surface area (Å²) in [6, 6.07) is 4.76. The number of nitrogen functional groups attached to an aromatic ring is 1. The minimum atomic E-state index is -0.156. The topological polar surface area (TPSA) is 78.6 Å². The SMILES string of the molecule is CC1CN(C)CCC1NC(=O)c1ccc(N)c(O)c1. The summed E-state index contributed by atoms with van der Waals surface area (Å²) in [5.74, 6) is 0.214. The Morgan fingerprint density at radius 1 is 1.53 bits per heavy atom. The van der Waals surface area contributed by atoms with Gasteiger partial charge in [-0.3, -0.25) is 4.79 Å². The van der Waals surface area contributed by atoms with Crippen molar-refractivity contribution >= 4 is 11.6 Å². The molecular weight excluding hydrogens is 242 g/mol. The van der Waals surface area contributed by atoms with Gasteiger partial charge in [-0.25, -0.2) is 0 Å². The lowest BCUT2D eigenvalue weighted by Gasteiger charge is -2.35. The van der Waals surface area contributed by atoms with Gasteiger partial charge in [-0.15, -0.1) is 0 Å². The molecule has 0 bridgehead atoms. The van der Waals surface area contributed by atoms with Crippen molar-refractivity contribution in [2.24, 2.45) is 5.92 Å². The van der Waals surface area contributed by atoms with E-state index in [0.29, 0.717) is 11.5 Å². The van der Waals surface area contributed by atoms with E-state index in [1.807, 2.05) is 0 Å². The van der Waals surface area contributed by atoms with E-state index < -0.39 is 0 Å². The van der Waals surface area contributed by atoms with Crippen LogP contribution in [-0.4, -0.2) is 42.1 Å². The van der Waals surface area contributed by atoms with Crippen molar-refractivity contribution in [1.82, 2.24) is 10.2 Å². The maximum Gasteiger partial charge on any atom is 0.251 e. The van der Waals surface area contributed by atoms with E-state index in [2.05, 4.69) is 24.2 Å². The molecule has 1 aromatic rings. The molecule has 104 valence electrons. The summed E-state index contributed by atoms with van der Waals surface area (Å²) in [5.41, 5.74) is 6.25. The molecule has 0 spiro atoms. The Balaban J connectivity index is 2.02. The number of phenolic OH excluding ortho intramolecular Hbond substituents is 1. The molecule has 1 aromatic carbocycles. The summed E-state index contributed by atoms with van der Waals surface area (Å²) in [5, 5.41) is 12.6. The lowest BCUT2D eigenvalue weighted by Crippen LogP contribution is -2.48. The third kappa shape index (κ3) is 3.17. The van der Waals surface area contributed by atoms with Crippen LogP contribution in [0, 0.1) is 5.92 Å². The molecular formula is C14H21N3O2. The van der Waals surface area contributed by atoms with E-state index in [1.165, 1.54) is 6.07 Å². The van der Waals surface area contributed by atoms with Gasteiger partial charge in [0.15, 0.2) is 0 Å². The Hall–Kier alpha value is -1.75. The summed E-state index contributed by atoms with van der Waals surface area (Å²) in [7, 11) is 2.09. The summed E-state index contributed by atoms with van der Waals surface area (Å²) >= 11 is 0. The molecule has 2 atom stereocenters. The number of carbonyl (C=O) groups excluding carboxylic acids is 1. The smallest absolute Gasteiger partial charge is 0.251 e. The number of nitrogens with one attached hydrogen (secondary N) is 1. The van der Waals surface area contributed by atoms with Crippen molar-refractivity contribution in [2.45, 2.75) is 19.4 Å². The molecule has 5 nitrogen and oxygen atoms in total. The molecule has 5 heteroatoms. The van der Waals surface area contributed by atoms with Crippen LogP contribution in [0.1, 0.15) is 23.7 Å². The average molecular weight is 263 g/mol. The number of phenols is 1. The molecule has 4 N–H and O–H groups in total. The highest BCUT2D eigenvalue weighted by molar-refractivity contribution is 5.95. The third-order valence-electron chi connectivity index (χ3n) is 3.72. The fourth-order valence-corrected chi connectivity index (χ4v) is 2.51. The van der Waals surface area contributed by atoms with E-state index in [4.69, 9.17) is 5.73 Å². The number of rotatable bonds is 2. The number of nitrogens with zero attached hydrogens (tertiary/aromatic N) is 1. The highest BCUT2D eigenvalue weighted by Crippen LogP contribution is 2.21. The van der Waals surface area contributed by atoms with Crippen LogP contribution >= 0.6 is 0 Å².